The molecule has 0 radical (unpaired) electrons. The van der Waals surface area contributed by atoms with Crippen LogP contribution in [0.3, 0.4) is 0 Å². The Bertz CT molecular complexity index is 342. The van der Waals surface area contributed by atoms with E-state index in [1.807, 2.05) is 32.0 Å². The Morgan fingerprint density at radius 2 is 2.06 bits per heavy atom. The van der Waals surface area contributed by atoms with Crippen LogP contribution < -0.4 is 10.5 Å². The van der Waals surface area contributed by atoms with Crippen LogP contribution in [-0.2, 0) is 11.2 Å². The molecule has 1 aromatic carbocycles. The van der Waals surface area contributed by atoms with Crippen molar-refractivity contribution in [2.24, 2.45) is 5.73 Å². The molecule has 0 saturated carbocycles. The number of rotatable bonds is 7. The van der Waals surface area contributed by atoms with Crippen LogP contribution in [-0.4, -0.2) is 25.9 Å². The summed E-state index contributed by atoms with van der Waals surface area (Å²) in [5, 5.41) is 0.625. The number of hydrogen-bond donors (Lipinski definition) is 1. The van der Waals surface area contributed by atoms with Crippen LogP contribution in [0.2, 0.25) is 5.02 Å². The molecule has 0 unspecified atom stereocenters. The minimum atomic E-state index is 0.223. The minimum absolute atomic E-state index is 0.223. The van der Waals surface area contributed by atoms with Gasteiger partial charge in [-0.1, -0.05) is 17.7 Å². The van der Waals surface area contributed by atoms with Crippen LogP contribution in [0.4, 0.5) is 0 Å². The van der Waals surface area contributed by atoms with Crippen LogP contribution in [0, 0.1) is 0 Å². The Balaban J connectivity index is 2.43. The third-order valence-electron chi connectivity index (χ3n) is 2.22. The highest BCUT2D eigenvalue weighted by Gasteiger charge is 2.03. The van der Waals surface area contributed by atoms with Crippen molar-refractivity contribution in [2.75, 3.05) is 19.8 Å². The number of halogens is 1. The van der Waals surface area contributed by atoms with Crippen molar-refractivity contribution in [1.29, 1.82) is 0 Å². The zero-order valence-electron chi connectivity index (χ0n) is 10.4. The van der Waals surface area contributed by atoms with E-state index >= 15 is 0 Å². The van der Waals surface area contributed by atoms with E-state index in [-0.39, 0.29) is 6.10 Å². The van der Waals surface area contributed by atoms with Gasteiger partial charge in [0.2, 0.25) is 0 Å². The average Bonchev–Trinajstić information content (AvgIpc) is 2.27. The molecule has 1 aromatic rings. The van der Waals surface area contributed by atoms with Crippen LogP contribution in [0.25, 0.3) is 0 Å². The van der Waals surface area contributed by atoms with E-state index in [1.165, 1.54) is 0 Å². The second-order valence-electron chi connectivity index (χ2n) is 4.07. The Labute approximate surface area is 108 Å². The molecule has 0 aliphatic rings. The van der Waals surface area contributed by atoms with Crippen molar-refractivity contribution < 1.29 is 9.47 Å². The zero-order chi connectivity index (χ0) is 12.7. The molecule has 0 bridgehead atoms. The molecule has 0 heterocycles. The van der Waals surface area contributed by atoms with E-state index in [1.54, 1.807) is 0 Å². The molecule has 0 aliphatic heterocycles. The third-order valence-corrected chi connectivity index (χ3v) is 2.52. The van der Waals surface area contributed by atoms with E-state index < -0.39 is 0 Å². The summed E-state index contributed by atoms with van der Waals surface area (Å²) >= 11 is 6.10. The lowest BCUT2D eigenvalue weighted by molar-refractivity contribution is 0.0553. The van der Waals surface area contributed by atoms with Gasteiger partial charge in [-0.15, -0.1) is 0 Å². The lowest BCUT2D eigenvalue weighted by Crippen LogP contribution is -2.11. The van der Waals surface area contributed by atoms with Gasteiger partial charge in [-0.2, -0.15) is 0 Å². The molecular formula is C13H20ClNO2. The normalized spacial score (nSPS) is 10.9. The lowest BCUT2D eigenvalue weighted by atomic mass is 10.1. The van der Waals surface area contributed by atoms with Crippen molar-refractivity contribution in [3.05, 3.63) is 28.8 Å². The fourth-order valence-corrected chi connectivity index (χ4v) is 1.68. The highest BCUT2D eigenvalue weighted by molar-refractivity contribution is 6.32. The summed E-state index contributed by atoms with van der Waals surface area (Å²) < 4.78 is 10.9. The van der Waals surface area contributed by atoms with Gasteiger partial charge in [-0.3, -0.25) is 0 Å². The van der Waals surface area contributed by atoms with Crippen LogP contribution in [0.15, 0.2) is 18.2 Å². The quantitative estimate of drug-likeness (QED) is 0.764. The Hall–Kier alpha value is -0.770. The molecule has 0 atom stereocenters. The van der Waals surface area contributed by atoms with Crippen LogP contribution in [0.5, 0.6) is 5.75 Å². The first-order valence-corrected chi connectivity index (χ1v) is 6.24. The SMILES string of the molecule is CC(C)OCCOc1ccc(CCN)cc1Cl. The summed E-state index contributed by atoms with van der Waals surface area (Å²) in [5.74, 6) is 0.694. The molecule has 96 valence electrons. The predicted octanol–water partition coefficient (Wildman–Crippen LogP) is 2.65. The van der Waals surface area contributed by atoms with E-state index in [4.69, 9.17) is 26.8 Å². The van der Waals surface area contributed by atoms with Gasteiger partial charge in [0.05, 0.1) is 17.7 Å². The van der Waals surface area contributed by atoms with E-state index in [0.717, 1.165) is 12.0 Å². The highest BCUT2D eigenvalue weighted by atomic mass is 35.5. The Kier molecular flexibility index (Phi) is 6.34. The summed E-state index contributed by atoms with van der Waals surface area (Å²) in [7, 11) is 0. The lowest BCUT2D eigenvalue weighted by Gasteiger charge is -2.11. The van der Waals surface area contributed by atoms with E-state index in [0.29, 0.717) is 30.5 Å². The van der Waals surface area contributed by atoms with Crippen molar-refractivity contribution in [3.63, 3.8) is 0 Å². The maximum atomic E-state index is 6.10. The summed E-state index contributed by atoms with van der Waals surface area (Å²) in [6.07, 6.45) is 1.05. The summed E-state index contributed by atoms with van der Waals surface area (Å²) in [4.78, 5) is 0. The van der Waals surface area contributed by atoms with Gasteiger partial charge >= 0.3 is 0 Å². The van der Waals surface area contributed by atoms with Crippen molar-refractivity contribution in [3.8, 4) is 5.75 Å². The molecule has 0 aromatic heterocycles. The van der Waals surface area contributed by atoms with Crippen molar-refractivity contribution >= 4 is 11.6 Å². The minimum Gasteiger partial charge on any atom is -0.490 e. The second kappa shape index (κ2) is 7.54. The summed E-state index contributed by atoms with van der Waals surface area (Å²) in [6.45, 7) is 5.69. The Morgan fingerprint density at radius 1 is 1.29 bits per heavy atom. The topological polar surface area (TPSA) is 44.5 Å². The maximum absolute atomic E-state index is 6.10. The van der Waals surface area contributed by atoms with Crippen molar-refractivity contribution in [1.82, 2.24) is 0 Å². The summed E-state index contributed by atoms with van der Waals surface area (Å²) in [6, 6.07) is 5.76. The predicted molar refractivity (Wildman–Crippen MR) is 70.8 cm³/mol. The van der Waals surface area contributed by atoms with Crippen LogP contribution in [0.1, 0.15) is 19.4 Å². The van der Waals surface area contributed by atoms with Gasteiger partial charge in [0, 0.05) is 0 Å². The van der Waals surface area contributed by atoms with E-state index in [9.17, 15) is 0 Å². The number of ether oxygens (including phenoxy) is 2. The highest BCUT2D eigenvalue weighted by Crippen LogP contribution is 2.25. The molecule has 0 fully saturated rings. The molecule has 0 saturated heterocycles. The number of nitrogens with two attached hydrogens (primary N) is 1. The monoisotopic (exact) mass is 257 g/mol. The van der Waals surface area contributed by atoms with Gasteiger partial charge in [-0.25, -0.2) is 0 Å². The fourth-order valence-electron chi connectivity index (χ4n) is 1.42. The zero-order valence-corrected chi connectivity index (χ0v) is 11.2. The van der Waals surface area contributed by atoms with Gasteiger partial charge in [0.15, 0.2) is 0 Å². The molecule has 0 amide bonds. The molecular weight excluding hydrogens is 238 g/mol. The molecule has 2 N–H and O–H groups in total. The van der Waals surface area contributed by atoms with E-state index in [2.05, 4.69) is 0 Å². The van der Waals surface area contributed by atoms with Crippen molar-refractivity contribution in [2.45, 2.75) is 26.4 Å². The molecule has 0 aliphatic carbocycles. The standard InChI is InChI=1S/C13H20ClNO2/c1-10(2)16-7-8-17-13-4-3-11(5-6-15)9-12(13)14/h3-4,9-10H,5-8,15H2,1-2H3. The molecule has 3 nitrogen and oxygen atoms in total. The molecule has 0 spiro atoms. The average molecular weight is 258 g/mol. The van der Waals surface area contributed by atoms with Gasteiger partial charge in [0.25, 0.3) is 0 Å². The van der Waals surface area contributed by atoms with Gasteiger partial charge < -0.3 is 15.2 Å². The maximum Gasteiger partial charge on any atom is 0.138 e. The number of hydrogen-bond acceptors (Lipinski definition) is 3. The largest absolute Gasteiger partial charge is 0.490 e. The Morgan fingerprint density at radius 3 is 2.65 bits per heavy atom. The second-order valence-corrected chi connectivity index (χ2v) is 4.48. The first-order valence-electron chi connectivity index (χ1n) is 5.86. The number of benzene rings is 1. The third kappa shape index (κ3) is 5.39. The molecule has 17 heavy (non-hydrogen) atoms. The first-order chi connectivity index (χ1) is 8.13. The van der Waals surface area contributed by atoms with Gasteiger partial charge in [-0.05, 0) is 44.5 Å². The first kappa shape index (κ1) is 14.3. The molecule has 4 heteroatoms. The van der Waals surface area contributed by atoms with Gasteiger partial charge in [0.1, 0.15) is 12.4 Å². The summed E-state index contributed by atoms with van der Waals surface area (Å²) in [5.41, 5.74) is 6.61. The smallest absolute Gasteiger partial charge is 0.138 e. The molecule has 1 rings (SSSR count). The fraction of sp³-hybridized carbons (Fsp3) is 0.538. The van der Waals surface area contributed by atoms with Crippen LogP contribution >= 0.6 is 11.6 Å².